The number of carbonyl (C=O) groups is 1. The molecule has 0 unspecified atom stereocenters. The van der Waals surface area contributed by atoms with E-state index in [0.717, 1.165) is 6.54 Å². The summed E-state index contributed by atoms with van der Waals surface area (Å²) in [5.74, 6) is 0.142. The SMILES string of the molecule is CCC(=O)NCC1(CN)CCCCC1. The lowest BCUT2D eigenvalue weighted by Gasteiger charge is -2.36. The Hall–Kier alpha value is -0.570. The van der Waals surface area contributed by atoms with Gasteiger partial charge in [0.05, 0.1) is 0 Å². The van der Waals surface area contributed by atoms with Gasteiger partial charge in [0.25, 0.3) is 0 Å². The van der Waals surface area contributed by atoms with Crippen molar-refractivity contribution in [2.24, 2.45) is 11.1 Å². The molecule has 1 aliphatic carbocycles. The highest BCUT2D eigenvalue weighted by Crippen LogP contribution is 2.34. The number of hydrogen-bond acceptors (Lipinski definition) is 2. The molecule has 1 fully saturated rings. The molecule has 14 heavy (non-hydrogen) atoms. The number of amides is 1. The van der Waals surface area contributed by atoms with Crippen LogP contribution in [-0.2, 0) is 4.79 Å². The van der Waals surface area contributed by atoms with E-state index in [1.807, 2.05) is 6.92 Å². The maximum absolute atomic E-state index is 11.2. The summed E-state index contributed by atoms with van der Waals surface area (Å²) in [7, 11) is 0. The van der Waals surface area contributed by atoms with E-state index in [2.05, 4.69) is 5.32 Å². The molecule has 82 valence electrons. The summed E-state index contributed by atoms with van der Waals surface area (Å²) in [6.07, 6.45) is 6.77. The van der Waals surface area contributed by atoms with Crippen LogP contribution in [0.4, 0.5) is 0 Å². The molecule has 0 aromatic rings. The van der Waals surface area contributed by atoms with Gasteiger partial charge in [-0.1, -0.05) is 26.2 Å². The summed E-state index contributed by atoms with van der Waals surface area (Å²) in [5.41, 5.74) is 6.01. The van der Waals surface area contributed by atoms with Crippen LogP contribution >= 0.6 is 0 Å². The lowest BCUT2D eigenvalue weighted by molar-refractivity contribution is -0.121. The van der Waals surface area contributed by atoms with Gasteiger partial charge in [-0.15, -0.1) is 0 Å². The second kappa shape index (κ2) is 5.35. The maximum atomic E-state index is 11.2. The van der Waals surface area contributed by atoms with Crippen molar-refractivity contribution in [3.63, 3.8) is 0 Å². The minimum atomic E-state index is 0.142. The van der Waals surface area contributed by atoms with E-state index in [9.17, 15) is 4.79 Å². The number of carbonyl (C=O) groups excluding carboxylic acids is 1. The largest absolute Gasteiger partial charge is 0.356 e. The Kier molecular flexibility index (Phi) is 4.39. The van der Waals surface area contributed by atoms with Gasteiger partial charge in [0.15, 0.2) is 0 Å². The molecular weight excluding hydrogens is 176 g/mol. The molecule has 0 saturated heterocycles. The van der Waals surface area contributed by atoms with Gasteiger partial charge < -0.3 is 11.1 Å². The molecule has 1 saturated carbocycles. The number of nitrogens with one attached hydrogen (secondary N) is 1. The first-order valence-electron chi connectivity index (χ1n) is 5.69. The fourth-order valence-electron chi connectivity index (χ4n) is 2.17. The monoisotopic (exact) mass is 198 g/mol. The van der Waals surface area contributed by atoms with Gasteiger partial charge in [0.2, 0.25) is 5.91 Å². The second-order valence-corrected chi connectivity index (χ2v) is 4.40. The van der Waals surface area contributed by atoms with Crippen molar-refractivity contribution in [3.05, 3.63) is 0 Å². The molecule has 0 atom stereocenters. The van der Waals surface area contributed by atoms with E-state index in [-0.39, 0.29) is 11.3 Å². The Morgan fingerprint density at radius 3 is 2.50 bits per heavy atom. The van der Waals surface area contributed by atoms with Crippen LogP contribution < -0.4 is 11.1 Å². The molecule has 0 aliphatic heterocycles. The molecular formula is C11H22N2O. The van der Waals surface area contributed by atoms with Gasteiger partial charge in [-0.05, 0) is 24.8 Å². The molecule has 0 spiro atoms. The van der Waals surface area contributed by atoms with Crippen molar-refractivity contribution < 1.29 is 4.79 Å². The Morgan fingerprint density at radius 1 is 1.36 bits per heavy atom. The van der Waals surface area contributed by atoms with E-state index in [0.29, 0.717) is 13.0 Å². The Balaban J connectivity index is 2.39. The normalized spacial score (nSPS) is 20.4. The summed E-state index contributed by atoms with van der Waals surface area (Å²) < 4.78 is 0. The molecule has 3 heteroatoms. The highest BCUT2D eigenvalue weighted by Gasteiger charge is 2.30. The third-order valence-electron chi connectivity index (χ3n) is 3.33. The van der Waals surface area contributed by atoms with Gasteiger partial charge >= 0.3 is 0 Å². The van der Waals surface area contributed by atoms with Crippen molar-refractivity contribution in [2.45, 2.75) is 45.4 Å². The third-order valence-corrected chi connectivity index (χ3v) is 3.33. The summed E-state index contributed by atoms with van der Waals surface area (Å²) in [5, 5.41) is 2.97. The number of rotatable bonds is 4. The smallest absolute Gasteiger partial charge is 0.219 e. The highest BCUT2D eigenvalue weighted by molar-refractivity contribution is 5.75. The Labute approximate surface area is 86.4 Å². The summed E-state index contributed by atoms with van der Waals surface area (Å²) in [6, 6.07) is 0. The van der Waals surface area contributed by atoms with Crippen molar-refractivity contribution in [1.29, 1.82) is 0 Å². The van der Waals surface area contributed by atoms with Gasteiger partial charge in [0.1, 0.15) is 0 Å². The van der Waals surface area contributed by atoms with Crippen LogP contribution in [0.3, 0.4) is 0 Å². The lowest BCUT2D eigenvalue weighted by Crippen LogP contribution is -2.43. The average Bonchev–Trinajstić information content (AvgIpc) is 2.27. The summed E-state index contributed by atoms with van der Waals surface area (Å²) in [6.45, 7) is 3.36. The van der Waals surface area contributed by atoms with Crippen LogP contribution in [-0.4, -0.2) is 19.0 Å². The first-order chi connectivity index (χ1) is 6.72. The zero-order valence-corrected chi connectivity index (χ0v) is 9.14. The molecule has 0 heterocycles. The van der Waals surface area contributed by atoms with Gasteiger partial charge in [0, 0.05) is 13.0 Å². The predicted molar refractivity (Wildman–Crippen MR) is 57.9 cm³/mol. The number of hydrogen-bond donors (Lipinski definition) is 2. The first kappa shape index (κ1) is 11.5. The van der Waals surface area contributed by atoms with Crippen LogP contribution in [0.15, 0.2) is 0 Å². The van der Waals surface area contributed by atoms with Gasteiger partial charge in [-0.2, -0.15) is 0 Å². The Morgan fingerprint density at radius 2 is 2.00 bits per heavy atom. The van der Waals surface area contributed by atoms with E-state index >= 15 is 0 Å². The second-order valence-electron chi connectivity index (χ2n) is 4.40. The zero-order valence-electron chi connectivity index (χ0n) is 9.14. The molecule has 0 aromatic heterocycles. The zero-order chi connectivity index (χ0) is 10.4. The van der Waals surface area contributed by atoms with Crippen molar-refractivity contribution in [3.8, 4) is 0 Å². The van der Waals surface area contributed by atoms with Gasteiger partial charge in [-0.25, -0.2) is 0 Å². The molecule has 1 amide bonds. The van der Waals surface area contributed by atoms with E-state index in [1.165, 1.54) is 32.1 Å². The molecule has 0 radical (unpaired) electrons. The topological polar surface area (TPSA) is 55.1 Å². The van der Waals surface area contributed by atoms with Crippen LogP contribution in [0.1, 0.15) is 45.4 Å². The molecule has 0 aromatic carbocycles. The van der Waals surface area contributed by atoms with E-state index < -0.39 is 0 Å². The standard InChI is InChI=1S/C11H22N2O/c1-2-10(14)13-9-11(8-12)6-4-3-5-7-11/h2-9,12H2,1H3,(H,13,14). The molecule has 1 aliphatic rings. The fraction of sp³-hybridized carbons (Fsp3) is 0.909. The van der Waals surface area contributed by atoms with Crippen molar-refractivity contribution >= 4 is 5.91 Å². The van der Waals surface area contributed by atoms with Crippen LogP contribution in [0.5, 0.6) is 0 Å². The third kappa shape index (κ3) is 2.98. The van der Waals surface area contributed by atoms with Gasteiger partial charge in [-0.3, -0.25) is 4.79 Å². The Bertz CT molecular complexity index is 186. The van der Waals surface area contributed by atoms with E-state index in [1.54, 1.807) is 0 Å². The van der Waals surface area contributed by atoms with Crippen molar-refractivity contribution in [2.75, 3.05) is 13.1 Å². The highest BCUT2D eigenvalue weighted by atomic mass is 16.1. The van der Waals surface area contributed by atoms with E-state index in [4.69, 9.17) is 5.73 Å². The molecule has 3 nitrogen and oxygen atoms in total. The summed E-state index contributed by atoms with van der Waals surface area (Å²) in [4.78, 5) is 11.2. The van der Waals surface area contributed by atoms with Crippen LogP contribution in [0.2, 0.25) is 0 Å². The average molecular weight is 198 g/mol. The quantitative estimate of drug-likeness (QED) is 0.718. The fourth-order valence-corrected chi connectivity index (χ4v) is 2.17. The number of nitrogens with two attached hydrogens (primary N) is 1. The summed E-state index contributed by atoms with van der Waals surface area (Å²) >= 11 is 0. The van der Waals surface area contributed by atoms with Crippen LogP contribution in [0.25, 0.3) is 0 Å². The van der Waals surface area contributed by atoms with Crippen molar-refractivity contribution in [1.82, 2.24) is 5.32 Å². The van der Waals surface area contributed by atoms with Crippen LogP contribution in [0, 0.1) is 5.41 Å². The predicted octanol–water partition coefficient (Wildman–Crippen LogP) is 1.42. The first-order valence-corrected chi connectivity index (χ1v) is 5.69. The molecule has 3 N–H and O–H groups in total. The molecule has 1 rings (SSSR count). The minimum absolute atomic E-state index is 0.142. The lowest BCUT2D eigenvalue weighted by atomic mass is 9.74. The molecule has 0 bridgehead atoms. The minimum Gasteiger partial charge on any atom is -0.356 e. The maximum Gasteiger partial charge on any atom is 0.219 e.